The molecule has 0 spiro atoms. The van der Waals surface area contributed by atoms with Crippen LogP contribution in [0.2, 0.25) is 0 Å². The Kier molecular flexibility index (Phi) is 4.02. The van der Waals surface area contributed by atoms with Crippen LogP contribution in [0.4, 0.5) is 0 Å². The average molecular weight is 383 g/mol. The normalized spacial score (nSPS) is 18.5. The van der Waals surface area contributed by atoms with E-state index < -0.39 is 0 Å². The second-order valence-electron chi connectivity index (χ2n) is 7.19. The minimum absolute atomic E-state index is 0.0438. The Morgan fingerprint density at radius 3 is 2.75 bits per heavy atom. The highest BCUT2D eigenvalue weighted by Gasteiger charge is 2.31. The van der Waals surface area contributed by atoms with E-state index in [9.17, 15) is 9.59 Å². The van der Waals surface area contributed by atoms with Crippen molar-refractivity contribution in [1.82, 2.24) is 34.2 Å². The first-order valence-corrected chi connectivity index (χ1v) is 9.35. The molecule has 3 aromatic rings. The van der Waals surface area contributed by atoms with Crippen LogP contribution >= 0.6 is 0 Å². The number of nitrogens with zero attached hydrogens (tertiary/aromatic N) is 6. The zero-order valence-electron chi connectivity index (χ0n) is 15.5. The molecule has 10 heteroatoms. The molecule has 0 unspecified atom stereocenters. The predicted octanol–water partition coefficient (Wildman–Crippen LogP) is -0.327. The van der Waals surface area contributed by atoms with Crippen LogP contribution in [-0.4, -0.2) is 85.5 Å². The maximum absolute atomic E-state index is 13.0. The van der Waals surface area contributed by atoms with Gasteiger partial charge in [-0.2, -0.15) is 5.10 Å². The molecule has 1 N–H and O–H groups in total. The summed E-state index contributed by atoms with van der Waals surface area (Å²) in [6.07, 6.45) is 3.25. The molecule has 2 aliphatic rings. The van der Waals surface area contributed by atoms with Crippen LogP contribution in [-0.2, 0) is 4.74 Å². The Morgan fingerprint density at radius 2 is 2.04 bits per heavy atom. The summed E-state index contributed by atoms with van der Waals surface area (Å²) in [5.41, 5.74) is 1.37. The number of H-pyrrole nitrogens is 1. The Labute approximate surface area is 160 Å². The van der Waals surface area contributed by atoms with Crippen molar-refractivity contribution in [3.8, 4) is 5.95 Å². The van der Waals surface area contributed by atoms with Gasteiger partial charge in [-0.05, 0) is 19.1 Å². The lowest BCUT2D eigenvalue weighted by Gasteiger charge is -2.42. The number of carbonyl (C=O) groups is 1. The van der Waals surface area contributed by atoms with Crippen LogP contribution in [0.1, 0.15) is 16.1 Å². The summed E-state index contributed by atoms with van der Waals surface area (Å²) in [5.74, 6) is 0.234. The molecule has 0 aromatic carbocycles. The molecule has 10 nitrogen and oxygen atoms in total. The molecule has 28 heavy (non-hydrogen) atoms. The van der Waals surface area contributed by atoms with Gasteiger partial charge in [-0.25, -0.2) is 9.20 Å². The average Bonchev–Trinajstić information content (AvgIpc) is 3.27. The number of piperazine rings is 1. The number of aromatic nitrogens is 5. The van der Waals surface area contributed by atoms with Crippen LogP contribution in [0.3, 0.4) is 0 Å². The van der Waals surface area contributed by atoms with Gasteiger partial charge in [0.2, 0.25) is 5.95 Å². The monoisotopic (exact) mass is 383 g/mol. The Bertz CT molecular complexity index is 1090. The lowest BCUT2D eigenvalue weighted by atomic mass is 10.1. The van der Waals surface area contributed by atoms with Gasteiger partial charge in [-0.15, -0.1) is 5.10 Å². The molecule has 2 fully saturated rings. The number of carbonyl (C=O) groups excluding carboxylic acids is 1. The van der Waals surface area contributed by atoms with E-state index in [1.54, 1.807) is 24.5 Å². The van der Waals surface area contributed by atoms with E-state index in [4.69, 9.17) is 4.74 Å². The number of rotatable bonds is 3. The van der Waals surface area contributed by atoms with Crippen LogP contribution < -0.4 is 5.56 Å². The third-order valence-corrected chi connectivity index (χ3v) is 5.57. The van der Waals surface area contributed by atoms with E-state index in [0.29, 0.717) is 35.9 Å². The zero-order chi connectivity index (χ0) is 19.3. The van der Waals surface area contributed by atoms with Gasteiger partial charge < -0.3 is 9.64 Å². The van der Waals surface area contributed by atoms with E-state index in [1.165, 1.54) is 9.20 Å². The molecule has 146 valence electrons. The molecule has 3 aromatic heterocycles. The summed E-state index contributed by atoms with van der Waals surface area (Å²) >= 11 is 0. The van der Waals surface area contributed by atoms with Gasteiger partial charge in [0.1, 0.15) is 5.52 Å². The zero-order valence-corrected chi connectivity index (χ0v) is 15.5. The fourth-order valence-electron chi connectivity index (χ4n) is 3.75. The Morgan fingerprint density at radius 1 is 1.25 bits per heavy atom. The molecule has 0 saturated carbocycles. The highest BCUT2D eigenvalue weighted by Crippen LogP contribution is 2.17. The van der Waals surface area contributed by atoms with E-state index in [-0.39, 0.29) is 17.4 Å². The van der Waals surface area contributed by atoms with Gasteiger partial charge in [0.15, 0.2) is 0 Å². The topological polar surface area (TPSA) is 101 Å². The quantitative estimate of drug-likeness (QED) is 0.665. The predicted molar refractivity (Wildman–Crippen MR) is 99.8 cm³/mol. The second kappa shape index (κ2) is 6.57. The smallest absolute Gasteiger partial charge is 0.276 e. The van der Waals surface area contributed by atoms with Crippen LogP contribution in [0, 0.1) is 6.92 Å². The molecular formula is C18H21N7O3. The summed E-state index contributed by atoms with van der Waals surface area (Å²) < 4.78 is 8.25. The largest absolute Gasteiger partial charge is 0.378 e. The second-order valence-corrected chi connectivity index (χ2v) is 7.19. The molecule has 0 bridgehead atoms. The maximum atomic E-state index is 13.0. The number of aromatic amines is 1. The highest BCUT2D eigenvalue weighted by atomic mass is 16.5. The first-order valence-electron chi connectivity index (χ1n) is 9.35. The summed E-state index contributed by atoms with van der Waals surface area (Å²) in [6.45, 7) is 6.46. The van der Waals surface area contributed by atoms with Crippen molar-refractivity contribution in [3.05, 3.63) is 46.1 Å². The van der Waals surface area contributed by atoms with Crippen LogP contribution in [0.5, 0.6) is 0 Å². The number of nitrogens with one attached hydrogen (secondary N) is 1. The van der Waals surface area contributed by atoms with E-state index in [2.05, 4.69) is 20.1 Å². The van der Waals surface area contributed by atoms with Gasteiger partial charge in [0.25, 0.3) is 11.5 Å². The number of hydrogen-bond acceptors (Lipinski definition) is 6. The molecule has 1 amide bonds. The first-order chi connectivity index (χ1) is 13.6. The van der Waals surface area contributed by atoms with Gasteiger partial charge in [0, 0.05) is 32.4 Å². The minimum Gasteiger partial charge on any atom is -0.378 e. The number of amides is 1. The summed E-state index contributed by atoms with van der Waals surface area (Å²) in [5, 5.41) is 8.67. The van der Waals surface area contributed by atoms with Gasteiger partial charge in [0.05, 0.1) is 36.7 Å². The molecular weight excluding hydrogens is 362 g/mol. The van der Waals surface area contributed by atoms with Crippen LogP contribution in [0.25, 0.3) is 11.5 Å². The van der Waals surface area contributed by atoms with Gasteiger partial charge in [-0.1, -0.05) is 0 Å². The molecule has 2 aliphatic heterocycles. The van der Waals surface area contributed by atoms with E-state index in [1.807, 2.05) is 11.8 Å². The standard InChI is InChI=1S/C18H21N7O3/c1-12-14(17(27)23-7-5-22(6-8-23)13-10-28-11-13)9-19-25(12)18-20-16(26)15-3-2-4-24(15)21-18/h2-4,9,13H,5-8,10-11H2,1H3,(H,20,21,26). The number of hydrogen-bond donors (Lipinski definition) is 1. The van der Waals surface area contributed by atoms with Crippen molar-refractivity contribution in [3.63, 3.8) is 0 Å². The Hall–Kier alpha value is -2.98. The lowest BCUT2D eigenvalue weighted by molar-refractivity contribution is -0.0746. The lowest BCUT2D eigenvalue weighted by Crippen LogP contribution is -2.57. The summed E-state index contributed by atoms with van der Waals surface area (Å²) in [4.78, 5) is 32.2. The van der Waals surface area contributed by atoms with E-state index in [0.717, 1.165) is 26.3 Å². The van der Waals surface area contributed by atoms with Crippen LogP contribution in [0.15, 0.2) is 29.3 Å². The summed E-state index contributed by atoms with van der Waals surface area (Å²) in [7, 11) is 0. The van der Waals surface area contributed by atoms with Crippen molar-refractivity contribution in [2.24, 2.45) is 0 Å². The molecule has 2 saturated heterocycles. The number of fused-ring (bicyclic) bond motifs is 1. The molecule has 5 rings (SSSR count). The van der Waals surface area contributed by atoms with Gasteiger partial charge in [-0.3, -0.25) is 19.5 Å². The maximum Gasteiger partial charge on any atom is 0.276 e. The fraction of sp³-hybridized carbons (Fsp3) is 0.444. The van der Waals surface area contributed by atoms with Gasteiger partial charge >= 0.3 is 0 Å². The van der Waals surface area contributed by atoms with Crippen molar-refractivity contribution in [1.29, 1.82) is 0 Å². The Balaban J connectivity index is 1.37. The molecule has 5 heterocycles. The fourth-order valence-corrected chi connectivity index (χ4v) is 3.75. The minimum atomic E-state index is -0.256. The van der Waals surface area contributed by atoms with Crippen molar-refractivity contribution < 1.29 is 9.53 Å². The van der Waals surface area contributed by atoms with Crippen molar-refractivity contribution in [2.45, 2.75) is 13.0 Å². The van der Waals surface area contributed by atoms with Crippen molar-refractivity contribution >= 4 is 11.4 Å². The highest BCUT2D eigenvalue weighted by molar-refractivity contribution is 5.95. The van der Waals surface area contributed by atoms with Crippen molar-refractivity contribution in [2.75, 3.05) is 39.4 Å². The summed E-state index contributed by atoms with van der Waals surface area (Å²) in [6, 6.07) is 3.94. The number of ether oxygens (including phenoxy) is 1. The third-order valence-electron chi connectivity index (χ3n) is 5.57. The third kappa shape index (κ3) is 2.72. The molecule has 0 radical (unpaired) electrons. The molecule has 0 aliphatic carbocycles. The van der Waals surface area contributed by atoms with E-state index >= 15 is 0 Å². The SMILES string of the molecule is Cc1c(C(=O)N2CCN(C3COC3)CC2)cnn1-c1nn2cccc2c(=O)[nH]1. The molecule has 0 atom stereocenters. The first kappa shape index (κ1) is 17.1.